The summed E-state index contributed by atoms with van der Waals surface area (Å²) in [6.07, 6.45) is -4.60. The third kappa shape index (κ3) is 4.02. The molecule has 0 aliphatic rings. The van der Waals surface area contributed by atoms with Gasteiger partial charge in [0.2, 0.25) is 0 Å². The first-order chi connectivity index (χ1) is 11.2. The van der Waals surface area contributed by atoms with E-state index < -0.39 is 37.1 Å². The van der Waals surface area contributed by atoms with E-state index in [1.807, 2.05) is 0 Å². The van der Waals surface area contributed by atoms with Crippen LogP contribution >= 0.6 is 0 Å². The molecule has 0 saturated heterocycles. The van der Waals surface area contributed by atoms with Gasteiger partial charge in [0.1, 0.15) is 0 Å². The van der Waals surface area contributed by atoms with E-state index in [0.717, 1.165) is 0 Å². The molecule has 0 saturated carbocycles. The minimum Gasteiger partial charge on any atom is -0.478 e. The number of amides is 1. The SMILES string of the molecule is O=C(O)c1ccc2cc(C(=O)NCC(CO)C(F)(F)F)ccc2c1. The highest BCUT2D eigenvalue weighted by molar-refractivity contribution is 6.00. The Morgan fingerprint density at radius 3 is 2.08 bits per heavy atom. The number of carboxylic acids is 1. The maximum Gasteiger partial charge on any atom is 0.395 e. The van der Waals surface area contributed by atoms with Crippen LogP contribution < -0.4 is 5.32 Å². The van der Waals surface area contributed by atoms with Crippen LogP contribution in [0.25, 0.3) is 10.8 Å². The summed E-state index contributed by atoms with van der Waals surface area (Å²) in [5, 5.41) is 21.0. The highest BCUT2D eigenvalue weighted by Gasteiger charge is 2.39. The highest BCUT2D eigenvalue weighted by atomic mass is 19.4. The van der Waals surface area contributed by atoms with Gasteiger partial charge in [0.05, 0.1) is 18.1 Å². The number of aromatic carboxylic acids is 1. The van der Waals surface area contributed by atoms with E-state index in [-0.39, 0.29) is 11.1 Å². The van der Waals surface area contributed by atoms with Crippen LogP contribution in [0.5, 0.6) is 0 Å². The van der Waals surface area contributed by atoms with Crippen molar-refractivity contribution >= 4 is 22.6 Å². The summed E-state index contributed by atoms with van der Waals surface area (Å²) in [6, 6.07) is 8.69. The van der Waals surface area contributed by atoms with Crippen LogP contribution in [0.15, 0.2) is 36.4 Å². The normalized spacial score (nSPS) is 12.8. The van der Waals surface area contributed by atoms with E-state index in [2.05, 4.69) is 5.32 Å². The topological polar surface area (TPSA) is 86.6 Å². The van der Waals surface area contributed by atoms with Crippen molar-refractivity contribution in [3.05, 3.63) is 47.5 Å². The predicted octanol–water partition coefficient (Wildman–Crippen LogP) is 2.44. The van der Waals surface area contributed by atoms with Crippen molar-refractivity contribution in [2.45, 2.75) is 6.18 Å². The van der Waals surface area contributed by atoms with E-state index in [9.17, 15) is 22.8 Å². The lowest BCUT2D eigenvalue weighted by Crippen LogP contribution is -2.38. The number of hydrogen-bond donors (Lipinski definition) is 3. The Bertz CT molecular complexity index is 773. The van der Waals surface area contributed by atoms with Crippen molar-refractivity contribution in [1.82, 2.24) is 5.32 Å². The molecule has 5 nitrogen and oxygen atoms in total. The maximum absolute atomic E-state index is 12.5. The Morgan fingerprint density at radius 1 is 1.04 bits per heavy atom. The van der Waals surface area contributed by atoms with Crippen LogP contribution in [0.3, 0.4) is 0 Å². The van der Waals surface area contributed by atoms with E-state index >= 15 is 0 Å². The second-order valence-corrected chi connectivity index (χ2v) is 5.21. The first-order valence-electron chi connectivity index (χ1n) is 6.95. The molecule has 0 radical (unpaired) electrons. The molecule has 0 bridgehead atoms. The van der Waals surface area contributed by atoms with E-state index in [1.165, 1.54) is 36.4 Å². The van der Waals surface area contributed by atoms with Crippen molar-refractivity contribution in [1.29, 1.82) is 0 Å². The van der Waals surface area contributed by atoms with Gasteiger partial charge in [0.15, 0.2) is 0 Å². The minimum absolute atomic E-state index is 0.0932. The summed E-state index contributed by atoms with van der Waals surface area (Å²) >= 11 is 0. The maximum atomic E-state index is 12.5. The molecule has 0 aliphatic carbocycles. The number of aliphatic hydroxyl groups is 1. The van der Waals surface area contributed by atoms with Crippen LogP contribution in [-0.4, -0.2) is 41.4 Å². The van der Waals surface area contributed by atoms with Crippen molar-refractivity contribution in [2.24, 2.45) is 5.92 Å². The second kappa shape index (κ2) is 6.88. The van der Waals surface area contributed by atoms with Gasteiger partial charge in [0.25, 0.3) is 5.91 Å². The predicted molar refractivity (Wildman–Crippen MR) is 79.9 cm³/mol. The zero-order valence-electron chi connectivity index (χ0n) is 12.3. The van der Waals surface area contributed by atoms with Gasteiger partial charge >= 0.3 is 12.1 Å². The number of carbonyl (C=O) groups is 2. The molecule has 0 spiro atoms. The molecule has 0 aromatic heterocycles. The van der Waals surface area contributed by atoms with E-state index in [4.69, 9.17) is 10.2 Å². The number of rotatable bonds is 5. The van der Waals surface area contributed by atoms with Crippen LogP contribution in [0.4, 0.5) is 13.2 Å². The van der Waals surface area contributed by atoms with Gasteiger partial charge in [-0.25, -0.2) is 4.79 Å². The molecule has 2 rings (SSSR count). The van der Waals surface area contributed by atoms with Crippen molar-refractivity contribution < 1.29 is 33.0 Å². The molecular formula is C16H14F3NO4. The number of nitrogens with one attached hydrogen (secondary N) is 1. The summed E-state index contributed by atoms with van der Waals surface area (Å²) in [5.41, 5.74) is 0.236. The average Bonchev–Trinajstić information content (AvgIpc) is 2.52. The van der Waals surface area contributed by atoms with Crippen molar-refractivity contribution in [3.63, 3.8) is 0 Å². The summed E-state index contributed by atoms with van der Waals surface area (Å²) in [5.74, 6) is -3.82. The van der Waals surface area contributed by atoms with Crippen LogP contribution in [-0.2, 0) is 0 Å². The first kappa shape index (κ1) is 17.7. The fourth-order valence-electron chi connectivity index (χ4n) is 2.12. The molecule has 1 unspecified atom stereocenters. The molecule has 2 aromatic carbocycles. The molecule has 3 N–H and O–H groups in total. The molecule has 1 amide bonds. The quantitative estimate of drug-likeness (QED) is 0.780. The number of benzene rings is 2. The molecule has 0 heterocycles. The lowest BCUT2D eigenvalue weighted by Gasteiger charge is -2.18. The largest absolute Gasteiger partial charge is 0.478 e. The van der Waals surface area contributed by atoms with Gasteiger partial charge in [0, 0.05) is 12.1 Å². The molecule has 0 aliphatic heterocycles. The molecule has 24 heavy (non-hydrogen) atoms. The molecule has 0 fully saturated rings. The zero-order chi connectivity index (χ0) is 17.9. The third-order valence-electron chi connectivity index (χ3n) is 3.54. The number of fused-ring (bicyclic) bond motifs is 1. The third-order valence-corrected chi connectivity index (χ3v) is 3.54. The Labute approximate surface area is 134 Å². The lowest BCUT2D eigenvalue weighted by atomic mass is 10.0. The number of halogens is 3. The number of hydrogen-bond acceptors (Lipinski definition) is 3. The Morgan fingerprint density at radius 2 is 1.58 bits per heavy atom. The minimum atomic E-state index is -4.60. The van der Waals surface area contributed by atoms with Gasteiger partial charge in [-0.05, 0) is 35.0 Å². The number of carboxylic acid groups (broad SMARTS) is 1. The number of carbonyl (C=O) groups excluding carboxylic acids is 1. The molecule has 1 atom stereocenters. The molecule has 8 heteroatoms. The van der Waals surface area contributed by atoms with Gasteiger partial charge in [-0.2, -0.15) is 13.2 Å². The Kier molecular flexibility index (Phi) is 5.08. The fraction of sp³-hybridized carbons (Fsp3) is 0.250. The standard InChI is InChI=1S/C16H14F3NO4/c17-16(18,19)13(8-21)7-20-14(22)11-3-1-10-6-12(15(23)24)4-2-9(10)5-11/h1-6,13,21H,7-8H2,(H,20,22)(H,23,24). The molecule has 2 aromatic rings. The highest BCUT2D eigenvalue weighted by Crippen LogP contribution is 2.25. The van der Waals surface area contributed by atoms with Crippen molar-refractivity contribution in [3.8, 4) is 0 Å². The zero-order valence-corrected chi connectivity index (χ0v) is 12.3. The van der Waals surface area contributed by atoms with Crippen LogP contribution in [0.1, 0.15) is 20.7 Å². The molecular weight excluding hydrogens is 327 g/mol. The number of aliphatic hydroxyl groups excluding tert-OH is 1. The van der Waals surface area contributed by atoms with Gasteiger partial charge in [-0.1, -0.05) is 12.1 Å². The Balaban J connectivity index is 2.15. The second-order valence-electron chi connectivity index (χ2n) is 5.21. The monoisotopic (exact) mass is 341 g/mol. The smallest absolute Gasteiger partial charge is 0.395 e. The van der Waals surface area contributed by atoms with E-state index in [1.54, 1.807) is 0 Å². The first-order valence-corrected chi connectivity index (χ1v) is 6.95. The fourth-order valence-corrected chi connectivity index (χ4v) is 2.12. The molecule has 128 valence electrons. The van der Waals surface area contributed by atoms with E-state index in [0.29, 0.717) is 10.8 Å². The van der Waals surface area contributed by atoms with Gasteiger partial charge < -0.3 is 15.5 Å². The summed E-state index contributed by atoms with van der Waals surface area (Å²) in [7, 11) is 0. The lowest BCUT2D eigenvalue weighted by molar-refractivity contribution is -0.181. The van der Waals surface area contributed by atoms with Crippen LogP contribution in [0.2, 0.25) is 0 Å². The summed E-state index contributed by atoms with van der Waals surface area (Å²) in [6.45, 7) is -1.84. The van der Waals surface area contributed by atoms with Crippen LogP contribution in [0, 0.1) is 5.92 Å². The Hall–Kier alpha value is -2.61. The van der Waals surface area contributed by atoms with Gasteiger partial charge in [-0.3, -0.25) is 4.79 Å². The van der Waals surface area contributed by atoms with Gasteiger partial charge in [-0.15, -0.1) is 0 Å². The average molecular weight is 341 g/mol. The summed E-state index contributed by atoms with van der Waals surface area (Å²) in [4.78, 5) is 22.9. The number of alkyl halides is 3. The van der Waals surface area contributed by atoms with Crippen molar-refractivity contribution in [2.75, 3.05) is 13.2 Å². The summed E-state index contributed by atoms with van der Waals surface area (Å²) < 4.78 is 37.6.